The largest absolute Gasteiger partial charge is 0.454 e. The van der Waals surface area contributed by atoms with Crippen molar-refractivity contribution in [1.29, 1.82) is 0 Å². The van der Waals surface area contributed by atoms with Gasteiger partial charge in [0.25, 0.3) is 0 Å². The molecule has 1 N–H and O–H groups in total. The summed E-state index contributed by atoms with van der Waals surface area (Å²) in [5.41, 5.74) is 5.85. The molecule has 6 rings (SSSR count). The lowest BCUT2D eigenvalue weighted by Gasteiger charge is -2.28. The van der Waals surface area contributed by atoms with E-state index in [1.54, 1.807) is 0 Å². The van der Waals surface area contributed by atoms with Crippen LogP contribution in [0.5, 0.6) is 17.2 Å². The van der Waals surface area contributed by atoms with Crippen LogP contribution in [0.25, 0.3) is 11.0 Å². The van der Waals surface area contributed by atoms with Crippen molar-refractivity contribution in [2.75, 3.05) is 13.5 Å². The summed E-state index contributed by atoms with van der Waals surface area (Å²) in [6, 6.07) is 8.30. The van der Waals surface area contributed by atoms with E-state index in [-0.39, 0.29) is 5.63 Å². The Kier molecular flexibility index (Phi) is 3.65. The van der Waals surface area contributed by atoms with Crippen molar-refractivity contribution >= 4 is 11.0 Å². The quantitative estimate of drug-likeness (QED) is 0.678. The van der Waals surface area contributed by atoms with Crippen LogP contribution in [0, 0.1) is 6.92 Å². The maximum Gasteiger partial charge on any atom is 0.339 e. The minimum Gasteiger partial charge on any atom is -0.454 e. The molecule has 0 radical (unpaired) electrons. The summed E-state index contributed by atoms with van der Waals surface area (Å²) in [5, 5.41) is 1.08. The summed E-state index contributed by atoms with van der Waals surface area (Å²) >= 11 is 0. The summed E-state index contributed by atoms with van der Waals surface area (Å²) in [6.45, 7) is 4.57. The van der Waals surface area contributed by atoms with Crippen molar-refractivity contribution in [2.45, 2.75) is 39.3 Å². The molecule has 2 aromatic carbocycles. The molecule has 6 heteroatoms. The zero-order chi connectivity index (χ0) is 19.5. The molecule has 1 aliphatic carbocycles. The average molecular weight is 392 g/mol. The van der Waals surface area contributed by atoms with E-state index in [1.807, 2.05) is 13.0 Å². The number of benzene rings is 2. The highest BCUT2D eigenvalue weighted by Crippen LogP contribution is 2.36. The number of rotatable bonds is 2. The Labute approximate surface area is 167 Å². The van der Waals surface area contributed by atoms with Gasteiger partial charge < -0.3 is 18.6 Å². The first-order valence-corrected chi connectivity index (χ1v) is 10.1. The first kappa shape index (κ1) is 16.9. The van der Waals surface area contributed by atoms with Gasteiger partial charge >= 0.3 is 5.63 Å². The molecular weight excluding hydrogens is 370 g/mol. The van der Waals surface area contributed by atoms with E-state index in [9.17, 15) is 4.79 Å². The Balaban J connectivity index is 1.35. The molecule has 0 bridgehead atoms. The average Bonchev–Trinajstić information content (AvgIpc) is 3.38. The molecule has 1 unspecified atom stereocenters. The molecule has 0 saturated carbocycles. The van der Waals surface area contributed by atoms with Crippen molar-refractivity contribution in [2.24, 2.45) is 0 Å². The molecule has 0 fully saturated rings. The molecule has 29 heavy (non-hydrogen) atoms. The van der Waals surface area contributed by atoms with E-state index >= 15 is 0 Å². The lowest BCUT2D eigenvalue weighted by atomic mass is 9.99. The van der Waals surface area contributed by atoms with Gasteiger partial charge in [-0.05, 0) is 56.0 Å². The fraction of sp³-hybridized carbons (Fsp3) is 0.348. The van der Waals surface area contributed by atoms with Gasteiger partial charge in [-0.2, -0.15) is 0 Å². The monoisotopic (exact) mass is 392 g/mol. The van der Waals surface area contributed by atoms with E-state index in [0.717, 1.165) is 66.1 Å². The number of hydrogen-bond acceptors (Lipinski definition) is 5. The van der Waals surface area contributed by atoms with E-state index in [0.29, 0.717) is 19.1 Å². The highest BCUT2D eigenvalue weighted by molar-refractivity contribution is 5.87. The molecular formula is C23H22NO5+. The SMILES string of the molecule is Cc1c2c(cc3c4c(c(=O)oc13)CCC4)C[NH+](Cc1ccc3c(c1)OCO3)CO2. The molecule has 3 aromatic rings. The zero-order valence-electron chi connectivity index (χ0n) is 16.3. The Morgan fingerprint density at radius 2 is 1.90 bits per heavy atom. The lowest BCUT2D eigenvalue weighted by Crippen LogP contribution is -3.10. The highest BCUT2D eigenvalue weighted by Gasteiger charge is 2.28. The van der Waals surface area contributed by atoms with E-state index in [1.165, 1.54) is 21.6 Å². The van der Waals surface area contributed by atoms with Crippen LogP contribution in [-0.4, -0.2) is 13.5 Å². The number of fused-ring (bicyclic) bond motifs is 5. The van der Waals surface area contributed by atoms with Gasteiger partial charge in [-0.1, -0.05) is 0 Å². The molecule has 148 valence electrons. The second-order valence-electron chi connectivity index (χ2n) is 8.15. The van der Waals surface area contributed by atoms with Crippen LogP contribution in [0.3, 0.4) is 0 Å². The molecule has 3 heterocycles. The van der Waals surface area contributed by atoms with E-state index < -0.39 is 0 Å². The normalized spacial score (nSPS) is 19.1. The minimum atomic E-state index is -0.182. The van der Waals surface area contributed by atoms with Gasteiger partial charge in [0.05, 0.1) is 0 Å². The number of hydrogen-bond donors (Lipinski definition) is 1. The highest BCUT2D eigenvalue weighted by atomic mass is 16.7. The molecule has 1 aromatic heterocycles. The molecule has 6 nitrogen and oxygen atoms in total. The van der Waals surface area contributed by atoms with Gasteiger partial charge in [0.1, 0.15) is 24.4 Å². The predicted octanol–water partition coefficient (Wildman–Crippen LogP) is 2.25. The van der Waals surface area contributed by atoms with Crippen molar-refractivity contribution in [3.63, 3.8) is 0 Å². The Bertz CT molecular complexity index is 1210. The van der Waals surface area contributed by atoms with Crippen LogP contribution in [0.15, 0.2) is 33.5 Å². The lowest BCUT2D eigenvalue weighted by molar-refractivity contribution is -0.945. The van der Waals surface area contributed by atoms with Gasteiger partial charge in [-0.25, -0.2) is 4.79 Å². The minimum absolute atomic E-state index is 0.182. The Morgan fingerprint density at radius 1 is 1.03 bits per heavy atom. The predicted molar refractivity (Wildman–Crippen MR) is 106 cm³/mol. The molecule has 3 aliphatic rings. The first-order valence-electron chi connectivity index (χ1n) is 10.1. The summed E-state index contributed by atoms with van der Waals surface area (Å²) in [4.78, 5) is 13.7. The van der Waals surface area contributed by atoms with Gasteiger partial charge in [0.15, 0.2) is 11.5 Å². The van der Waals surface area contributed by atoms with Crippen molar-refractivity contribution in [3.05, 3.63) is 62.5 Å². The fourth-order valence-corrected chi connectivity index (χ4v) is 4.91. The summed E-state index contributed by atoms with van der Waals surface area (Å²) < 4.78 is 22.7. The second-order valence-corrected chi connectivity index (χ2v) is 8.15. The molecule has 0 spiro atoms. The van der Waals surface area contributed by atoms with Crippen LogP contribution < -0.4 is 24.7 Å². The molecule has 0 amide bonds. The van der Waals surface area contributed by atoms with Crippen LogP contribution in [0.2, 0.25) is 0 Å². The van der Waals surface area contributed by atoms with Gasteiger partial charge in [-0.15, -0.1) is 0 Å². The number of quaternary nitrogens is 1. The molecule has 2 aliphatic heterocycles. The van der Waals surface area contributed by atoms with Crippen molar-refractivity contribution < 1.29 is 23.5 Å². The Morgan fingerprint density at radius 3 is 2.83 bits per heavy atom. The van der Waals surface area contributed by atoms with E-state index in [4.69, 9.17) is 18.6 Å². The summed E-state index contributed by atoms with van der Waals surface area (Å²) in [5.74, 6) is 2.49. The van der Waals surface area contributed by atoms with Crippen LogP contribution in [0.4, 0.5) is 0 Å². The van der Waals surface area contributed by atoms with Crippen LogP contribution in [0.1, 0.15) is 34.2 Å². The Hall–Kier alpha value is -2.99. The second kappa shape index (κ2) is 6.26. The van der Waals surface area contributed by atoms with Crippen molar-refractivity contribution in [3.8, 4) is 17.2 Å². The summed E-state index contributed by atoms with van der Waals surface area (Å²) in [7, 11) is 0. The smallest absolute Gasteiger partial charge is 0.339 e. The fourth-order valence-electron chi connectivity index (χ4n) is 4.91. The van der Waals surface area contributed by atoms with E-state index in [2.05, 4.69) is 18.2 Å². The third-order valence-electron chi connectivity index (χ3n) is 6.27. The molecule has 1 atom stereocenters. The maximum atomic E-state index is 12.4. The number of nitrogens with one attached hydrogen (secondary N) is 1. The third kappa shape index (κ3) is 2.63. The van der Waals surface area contributed by atoms with Gasteiger partial charge in [0.2, 0.25) is 13.5 Å². The summed E-state index contributed by atoms with van der Waals surface area (Å²) in [6.07, 6.45) is 2.79. The third-order valence-corrected chi connectivity index (χ3v) is 6.27. The number of aryl methyl sites for hydroxylation is 2. The van der Waals surface area contributed by atoms with Gasteiger partial charge in [0, 0.05) is 27.6 Å². The zero-order valence-corrected chi connectivity index (χ0v) is 16.3. The standard InChI is InChI=1S/C23H21NO5/c1-13-21-15(8-18-16-3-2-4-17(16)23(25)29-22(13)18)10-24(11-26-21)9-14-5-6-19-20(7-14)28-12-27-19/h5-8H,2-4,9-12H2,1H3/p+1. The van der Waals surface area contributed by atoms with Crippen LogP contribution >= 0.6 is 0 Å². The number of ether oxygens (including phenoxy) is 3. The first-order chi connectivity index (χ1) is 14.2. The van der Waals surface area contributed by atoms with Crippen molar-refractivity contribution in [1.82, 2.24) is 0 Å². The molecule has 0 saturated heterocycles. The maximum absolute atomic E-state index is 12.4. The topological polar surface area (TPSA) is 62.3 Å². The van der Waals surface area contributed by atoms with Crippen LogP contribution in [-0.2, 0) is 25.9 Å². The van der Waals surface area contributed by atoms with Gasteiger partial charge in [-0.3, -0.25) is 4.90 Å².